The number of hydrogen-bond acceptors (Lipinski definition) is 6. The largest absolute Gasteiger partial charge is 0.465 e. The lowest BCUT2D eigenvalue weighted by molar-refractivity contribution is -0.134. The summed E-state index contributed by atoms with van der Waals surface area (Å²) in [5, 5.41) is 9.96. The number of nitrogens with zero attached hydrogens (tertiary/aromatic N) is 4. The van der Waals surface area contributed by atoms with Crippen LogP contribution in [0.4, 0.5) is 10.8 Å². The first-order valence-corrected chi connectivity index (χ1v) is 11.1. The van der Waals surface area contributed by atoms with Crippen LogP contribution in [0.2, 0.25) is 0 Å². The predicted molar refractivity (Wildman–Crippen MR) is 119 cm³/mol. The van der Waals surface area contributed by atoms with Crippen LogP contribution in [0.5, 0.6) is 0 Å². The zero-order valence-corrected chi connectivity index (χ0v) is 19.1. The summed E-state index contributed by atoms with van der Waals surface area (Å²) in [6.45, 7) is 2.18. The number of hydrogen-bond donors (Lipinski definition) is 1. The van der Waals surface area contributed by atoms with Gasteiger partial charge in [-0.3, -0.25) is 14.5 Å². The van der Waals surface area contributed by atoms with Crippen LogP contribution in [0.3, 0.4) is 0 Å². The molecule has 2 aliphatic rings. The zero-order valence-electron chi connectivity index (χ0n) is 17.5. The summed E-state index contributed by atoms with van der Waals surface area (Å²) >= 11 is 3.54. The summed E-state index contributed by atoms with van der Waals surface area (Å²) < 4.78 is 14.1. The fourth-order valence-electron chi connectivity index (χ4n) is 4.13. The Morgan fingerprint density at radius 1 is 1.31 bits per heavy atom. The van der Waals surface area contributed by atoms with Gasteiger partial charge in [-0.25, -0.2) is 4.79 Å². The molecule has 168 valence electrons. The quantitative estimate of drug-likeness (QED) is 0.582. The van der Waals surface area contributed by atoms with Crippen molar-refractivity contribution >= 4 is 55.9 Å². The highest BCUT2D eigenvalue weighted by Gasteiger charge is 2.34. The molecule has 1 aliphatic heterocycles. The molecule has 1 atom stereocenters. The van der Waals surface area contributed by atoms with E-state index >= 15 is 0 Å². The molecule has 1 unspecified atom stereocenters. The van der Waals surface area contributed by atoms with E-state index in [1.165, 1.54) is 11.9 Å². The van der Waals surface area contributed by atoms with Crippen molar-refractivity contribution in [1.29, 1.82) is 0 Å². The molecular weight excluding hydrogens is 484 g/mol. The fraction of sp³-hybridized carbons (Fsp3) is 0.429. The van der Waals surface area contributed by atoms with Crippen LogP contribution >= 0.6 is 15.9 Å². The Balaban J connectivity index is 1.59. The highest BCUT2D eigenvalue weighted by molar-refractivity contribution is 9.10. The first kappa shape index (κ1) is 21.0. The molecule has 11 heteroatoms. The number of likely N-dealkylation sites (N-methyl/N-ethyl adjacent to an activating group) is 1. The lowest BCUT2D eigenvalue weighted by atomic mass is 10.1. The van der Waals surface area contributed by atoms with Gasteiger partial charge in [0, 0.05) is 29.5 Å². The average Bonchev–Trinajstić information content (AvgIpc) is 3.52. The third-order valence-electron chi connectivity index (χ3n) is 6.03. The third-order valence-corrected chi connectivity index (χ3v) is 6.89. The van der Waals surface area contributed by atoms with Crippen molar-refractivity contribution in [2.75, 3.05) is 31.6 Å². The van der Waals surface area contributed by atoms with Gasteiger partial charge in [-0.15, -0.1) is 0 Å². The number of rotatable bonds is 3. The summed E-state index contributed by atoms with van der Waals surface area (Å²) in [5.74, 6) is -0.492. The number of benzene rings is 1. The van der Waals surface area contributed by atoms with E-state index in [4.69, 9.17) is 9.15 Å². The van der Waals surface area contributed by atoms with Crippen molar-refractivity contribution in [2.45, 2.75) is 31.9 Å². The number of pyridine rings is 1. The van der Waals surface area contributed by atoms with Crippen LogP contribution < -0.4 is 10.5 Å². The summed E-state index contributed by atoms with van der Waals surface area (Å²) in [7, 11) is 1.47. The molecule has 2 amide bonds. The highest BCUT2D eigenvalue weighted by Crippen LogP contribution is 2.40. The van der Waals surface area contributed by atoms with Crippen LogP contribution in [0.25, 0.3) is 22.0 Å². The number of carbonyl (C=O) groups excluding carboxylic acids is 1. The Bertz CT molecular complexity index is 1330. The molecule has 1 aromatic carbocycles. The fourth-order valence-corrected chi connectivity index (χ4v) is 4.45. The monoisotopic (exact) mass is 504 g/mol. The molecule has 1 aliphatic carbocycles. The number of anilines is 1. The Morgan fingerprint density at radius 3 is 2.75 bits per heavy atom. The molecule has 1 saturated carbocycles. The molecule has 0 spiro atoms. The van der Waals surface area contributed by atoms with Gasteiger partial charge in [0.1, 0.15) is 0 Å². The minimum absolute atomic E-state index is 0.0337. The number of carbonyl (C=O) groups is 2. The second-order valence-electron chi connectivity index (χ2n) is 8.13. The summed E-state index contributed by atoms with van der Waals surface area (Å²) in [4.78, 5) is 44.2. The van der Waals surface area contributed by atoms with Crippen molar-refractivity contribution in [3.05, 3.63) is 32.5 Å². The maximum absolute atomic E-state index is 13.3. The molecule has 2 fully saturated rings. The summed E-state index contributed by atoms with van der Waals surface area (Å²) in [6, 6.07) is 3.86. The lowest BCUT2D eigenvalue weighted by Crippen LogP contribution is -2.51. The number of aryl methyl sites for hydroxylation is 1. The summed E-state index contributed by atoms with van der Waals surface area (Å²) in [6.07, 6.45) is -0.231. The molecule has 3 aromatic rings. The molecule has 1 N–H and O–H groups in total. The second kappa shape index (κ2) is 7.59. The van der Waals surface area contributed by atoms with E-state index in [9.17, 15) is 19.5 Å². The molecule has 0 bridgehead atoms. The van der Waals surface area contributed by atoms with Gasteiger partial charge in [-0.1, -0.05) is 15.9 Å². The van der Waals surface area contributed by atoms with E-state index in [0.717, 1.165) is 38.7 Å². The number of carboxylic acid groups (broad SMARTS) is 1. The average molecular weight is 505 g/mol. The van der Waals surface area contributed by atoms with Crippen molar-refractivity contribution in [3.8, 4) is 0 Å². The van der Waals surface area contributed by atoms with Crippen LogP contribution in [-0.4, -0.2) is 64.4 Å². The highest BCUT2D eigenvalue weighted by atomic mass is 79.9. The minimum Gasteiger partial charge on any atom is -0.465 e. The summed E-state index contributed by atoms with van der Waals surface area (Å²) in [5.41, 5.74) is 1.96. The van der Waals surface area contributed by atoms with Crippen molar-refractivity contribution in [1.82, 2.24) is 14.5 Å². The number of amides is 2. The molecule has 2 aromatic heterocycles. The van der Waals surface area contributed by atoms with Gasteiger partial charge >= 0.3 is 12.1 Å². The van der Waals surface area contributed by atoms with Gasteiger partial charge in [0.05, 0.1) is 18.7 Å². The van der Waals surface area contributed by atoms with Gasteiger partial charge in [0.2, 0.25) is 0 Å². The molecule has 10 nitrogen and oxygen atoms in total. The van der Waals surface area contributed by atoms with Gasteiger partial charge in [0.15, 0.2) is 17.2 Å². The van der Waals surface area contributed by atoms with Gasteiger partial charge in [0.25, 0.3) is 11.5 Å². The SMILES string of the molecule is Cc1c(Br)ccc2c3oc(N(C)C(=O)C4CN(C(=O)O)CCO4)nc3c(=O)n(C3CC3)c12. The molecule has 0 radical (unpaired) electrons. The van der Waals surface area contributed by atoms with E-state index < -0.39 is 18.1 Å². The normalized spacial score (nSPS) is 19.0. The first-order chi connectivity index (χ1) is 15.3. The van der Waals surface area contributed by atoms with Crippen molar-refractivity contribution in [2.24, 2.45) is 0 Å². The Kier molecular flexibility index (Phi) is 4.97. The minimum atomic E-state index is -1.11. The molecule has 3 heterocycles. The van der Waals surface area contributed by atoms with Gasteiger partial charge in [-0.05, 0) is 37.5 Å². The predicted octanol–water partition coefficient (Wildman–Crippen LogP) is 2.89. The first-order valence-electron chi connectivity index (χ1n) is 10.3. The van der Waals surface area contributed by atoms with E-state index in [1.54, 1.807) is 4.57 Å². The van der Waals surface area contributed by atoms with Crippen molar-refractivity contribution < 1.29 is 23.8 Å². The zero-order chi connectivity index (χ0) is 22.7. The van der Waals surface area contributed by atoms with Gasteiger partial charge < -0.3 is 23.7 Å². The van der Waals surface area contributed by atoms with Crippen LogP contribution in [0.1, 0.15) is 24.4 Å². The molecular formula is C21H21BrN4O6. The lowest BCUT2D eigenvalue weighted by Gasteiger charge is -2.31. The smallest absolute Gasteiger partial charge is 0.407 e. The third kappa shape index (κ3) is 3.27. The number of halogens is 1. The number of oxazole rings is 1. The van der Waals surface area contributed by atoms with E-state index in [0.29, 0.717) is 5.58 Å². The maximum atomic E-state index is 13.3. The second-order valence-corrected chi connectivity index (χ2v) is 8.99. The molecule has 1 saturated heterocycles. The van der Waals surface area contributed by atoms with E-state index in [1.807, 2.05) is 19.1 Å². The van der Waals surface area contributed by atoms with Crippen LogP contribution in [0.15, 0.2) is 25.8 Å². The Labute approximate surface area is 190 Å². The van der Waals surface area contributed by atoms with E-state index in [-0.39, 0.29) is 42.8 Å². The molecule has 5 rings (SSSR count). The van der Waals surface area contributed by atoms with Crippen molar-refractivity contribution in [3.63, 3.8) is 0 Å². The number of fused-ring (bicyclic) bond motifs is 3. The standard InChI is InChI=1S/C21H21BrN4O6/c1-10-13(22)6-5-12-16(10)26(11-3-4-11)19(28)15-17(12)32-20(23-15)24(2)18(27)14-9-25(21(29)30)7-8-31-14/h5-6,11,14H,3-4,7-9H2,1-2H3,(H,29,30). The van der Waals surface area contributed by atoms with Crippen LogP contribution in [-0.2, 0) is 9.53 Å². The number of morpholine rings is 1. The van der Waals surface area contributed by atoms with Crippen LogP contribution in [0, 0.1) is 6.92 Å². The van der Waals surface area contributed by atoms with Gasteiger partial charge in [-0.2, -0.15) is 4.98 Å². The molecule has 32 heavy (non-hydrogen) atoms. The van der Waals surface area contributed by atoms with E-state index in [2.05, 4.69) is 20.9 Å². The number of aromatic nitrogens is 2. The Morgan fingerprint density at radius 2 is 2.06 bits per heavy atom. The number of ether oxygens (including phenoxy) is 1. The topological polar surface area (TPSA) is 118 Å². The maximum Gasteiger partial charge on any atom is 0.407 e. The Hall–Kier alpha value is -2.92.